The number of furan rings is 1. The molecule has 4 heteroatoms. The Bertz CT molecular complexity index is 819. The minimum absolute atomic E-state index is 0.279. The number of benzene rings is 1. The van der Waals surface area contributed by atoms with Gasteiger partial charge in [0.15, 0.2) is 0 Å². The monoisotopic (exact) mass is 382 g/mol. The first kappa shape index (κ1) is 20.2. The van der Waals surface area contributed by atoms with E-state index in [1.165, 1.54) is 31.9 Å². The Morgan fingerprint density at radius 1 is 1.18 bits per heavy atom. The van der Waals surface area contributed by atoms with Gasteiger partial charge in [-0.2, -0.15) is 0 Å². The van der Waals surface area contributed by atoms with Crippen LogP contribution in [0.5, 0.6) is 0 Å². The molecule has 2 aromatic rings. The second-order valence-corrected chi connectivity index (χ2v) is 8.40. The molecule has 0 unspecified atom stereocenters. The third kappa shape index (κ3) is 4.86. The summed E-state index contributed by atoms with van der Waals surface area (Å²) >= 11 is 0. The Labute approximate surface area is 167 Å². The quantitative estimate of drug-likeness (QED) is 0.433. The van der Waals surface area contributed by atoms with Crippen LogP contribution in [-0.4, -0.2) is 18.7 Å². The van der Waals surface area contributed by atoms with Crippen LogP contribution in [-0.2, 0) is 9.47 Å². The van der Waals surface area contributed by atoms with Crippen molar-refractivity contribution in [3.63, 3.8) is 0 Å². The molecule has 0 aliphatic heterocycles. The van der Waals surface area contributed by atoms with Crippen LogP contribution in [0, 0.1) is 0 Å². The maximum atomic E-state index is 12.3. The Hall–Kier alpha value is -2.49. The molecule has 28 heavy (non-hydrogen) atoms. The van der Waals surface area contributed by atoms with Gasteiger partial charge in [-0.3, -0.25) is 0 Å². The molecule has 0 bridgehead atoms. The molecule has 0 saturated heterocycles. The molecule has 0 amide bonds. The smallest absolute Gasteiger partial charge is 0.337 e. The van der Waals surface area contributed by atoms with Crippen LogP contribution < -0.4 is 0 Å². The first-order chi connectivity index (χ1) is 13.4. The first-order valence-electron chi connectivity index (χ1n) is 10.0. The van der Waals surface area contributed by atoms with Gasteiger partial charge in [0.1, 0.15) is 0 Å². The van der Waals surface area contributed by atoms with Crippen molar-refractivity contribution in [2.24, 2.45) is 0 Å². The van der Waals surface area contributed by atoms with Crippen molar-refractivity contribution >= 4 is 12.0 Å². The normalized spacial score (nSPS) is 15.7. The van der Waals surface area contributed by atoms with Crippen molar-refractivity contribution in [1.29, 1.82) is 0 Å². The van der Waals surface area contributed by atoms with E-state index in [4.69, 9.17) is 13.9 Å². The van der Waals surface area contributed by atoms with Crippen LogP contribution in [0.25, 0.3) is 17.2 Å². The van der Waals surface area contributed by atoms with Crippen molar-refractivity contribution in [3.05, 3.63) is 53.7 Å². The van der Waals surface area contributed by atoms with Crippen LogP contribution in [0.4, 0.5) is 0 Å². The summed E-state index contributed by atoms with van der Waals surface area (Å²) in [5.74, 6) is 0.112. The van der Waals surface area contributed by atoms with Crippen LogP contribution in [0.3, 0.4) is 0 Å². The maximum absolute atomic E-state index is 12.3. The lowest BCUT2D eigenvalue weighted by Crippen LogP contribution is -2.15. The summed E-state index contributed by atoms with van der Waals surface area (Å²) in [4.78, 5) is 12.3. The lowest BCUT2D eigenvalue weighted by atomic mass is 9.79. The third-order valence-corrected chi connectivity index (χ3v) is 5.14. The molecule has 0 radical (unpaired) electrons. The van der Waals surface area contributed by atoms with Crippen LogP contribution in [0.1, 0.15) is 80.3 Å². The summed E-state index contributed by atoms with van der Waals surface area (Å²) < 4.78 is 16.2. The molecule has 0 spiro atoms. The Kier molecular flexibility index (Phi) is 6.28. The number of rotatable bonds is 5. The Balaban J connectivity index is 2.14. The van der Waals surface area contributed by atoms with Gasteiger partial charge in [0, 0.05) is 5.56 Å². The Morgan fingerprint density at radius 3 is 2.54 bits per heavy atom. The highest BCUT2D eigenvalue weighted by molar-refractivity contribution is 5.93. The van der Waals surface area contributed by atoms with Crippen molar-refractivity contribution < 1.29 is 18.7 Å². The average Bonchev–Trinajstić information content (AvgIpc) is 3.20. The lowest BCUT2D eigenvalue weighted by Gasteiger charge is -2.26. The highest BCUT2D eigenvalue weighted by Crippen LogP contribution is 2.41. The highest BCUT2D eigenvalue weighted by Gasteiger charge is 2.24. The molecule has 0 atom stereocenters. The molecule has 4 nitrogen and oxygen atoms in total. The zero-order valence-corrected chi connectivity index (χ0v) is 17.3. The van der Waals surface area contributed by atoms with Gasteiger partial charge in [-0.15, -0.1) is 0 Å². The summed E-state index contributed by atoms with van der Waals surface area (Å²) in [6.45, 7) is 6.02. The molecule has 150 valence electrons. The number of esters is 1. The standard InChI is InChI=1S/C24H30O4/c1-24(2,3)28-13-11-18-14-20(23(25)26-4)15-21(17-8-6-5-7-9-17)22(18)19-10-12-27-16-19/h10-17H,5-9H2,1-4H3/b13-11+. The van der Waals surface area contributed by atoms with E-state index in [1.807, 2.05) is 45.0 Å². The van der Waals surface area contributed by atoms with E-state index in [1.54, 1.807) is 18.8 Å². The average molecular weight is 383 g/mol. The summed E-state index contributed by atoms with van der Waals surface area (Å²) in [7, 11) is 1.42. The van der Waals surface area contributed by atoms with Gasteiger partial charge in [0.2, 0.25) is 0 Å². The van der Waals surface area contributed by atoms with E-state index >= 15 is 0 Å². The molecule has 1 aliphatic carbocycles. The van der Waals surface area contributed by atoms with Gasteiger partial charge in [-0.1, -0.05) is 19.3 Å². The molecule has 1 aromatic heterocycles. The SMILES string of the molecule is COC(=O)c1cc(/C=C/OC(C)(C)C)c(-c2ccoc2)c(C2CCCCC2)c1. The lowest BCUT2D eigenvalue weighted by molar-refractivity contribution is 0.0600. The van der Waals surface area contributed by atoms with Crippen LogP contribution in [0.2, 0.25) is 0 Å². The minimum Gasteiger partial charge on any atom is -0.496 e. The van der Waals surface area contributed by atoms with E-state index in [9.17, 15) is 4.79 Å². The van der Waals surface area contributed by atoms with Gasteiger partial charge >= 0.3 is 5.97 Å². The third-order valence-electron chi connectivity index (χ3n) is 5.14. The fraction of sp³-hybridized carbons (Fsp3) is 0.458. The number of hydrogen-bond acceptors (Lipinski definition) is 4. The second-order valence-electron chi connectivity index (χ2n) is 8.40. The van der Waals surface area contributed by atoms with E-state index in [0.29, 0.717) is 11.5 Å². The molecular weight excluding hydrogens is 352 g/mol. The van der Waals surface area contributed by atoms with E-state index < -0.39 is 0 Å². The predicted molar refractivity (Wildman–Crippen MR) is 111 cm³/mol. The van der Waals surface area contributed by atoms with Crippen molar-refractivity contribution in [2.45, 2.75) is 64.4 Å². The van der Waals surface area contributed by atoms with Gasteiger partial charge in [-0.25, -0.2) is 4.79 Å². The van der Waals surface area contributed by atoms with E-state index in [-0.39, 0.29) is 11.6 Å². The summed E-state index contributed by atoms with van der Waals surface area (Å²) in [5, 5.41) is 0. The first-order valence-corrected chi connectivity index (χ1v) is 10.0. The number of hydrogen-bond donors (Lipinski definition) is 0. The molecular formula is C24H30O4. The summed E-state index contributed by atoms with van der Waals surface area (Å²) in [6.07, 6.45) is 13.1. The topological polar surface area (TPSA) is 48.7 Å². The summed E-state index contributed by atoms with van der Waals surface area (Å²) in [6, 6.07) is 5.86. The van der Waals surface area contributed by atoms with Gasteiger partial charge in [0.05, 0.1) is 37.1 Å². The molecule has 1 heterocycles. The molecule has 1 fully saturated rings. The molecule has 1 aromatic carbocycles. The van der Waals surface area contributed by atoms with Gasteiger partial charge < -0.3 is 13.9 Å². The van der Waals surface area contributed by atoms with Crippen molar-refractivity contribution in [1.82, 2.24) is 0 Å². The number of ether oxygens (including phenoxy) is 2. The number of methoxy groups -OCH3 is 1. The largest absolute Gasteiger partial charge is 0.496 e. The fourth-order valence-corrected chi connectivity index (χ4v) is 3.84. The highest BCUT2D eigenvalue weighted by atomic mass is 16.5. The molecule has 1 aliphatic rings. The molecule has 1 saturated carbocycles. The Morgan fingerprint density at radius 2 is 1.93 bits per heavy atom. The van der Waals surface area contributed by atoms with Gasteiger partial charge in [-0.05, 0) is 80.5 Å². The fourth-order valence-electron chi connectivity index (χ4n) is 3.84. The number of carbonyl (C=O) groups excluding carboxylic acids is 1. The second kappa shape index (κ2) is 8.68. The predicted octanol–water partition coefficient (Wildman–Crippen LogP) is 6.57. The van der Waals surface area contributed by atoms with Gasteiger partial charge in [0.25, 0.3) is 0 Å². The van der Waals surface area contributed by atoms with Crippen molar-refractivity contribution in [3.8, 4) is 11.1 Å². The van der Waals surface area contributed by atoms with Crippen LogP contribution in [0.15, 0.2) is 41.4 Å². The van der Waals surface area contributed by atoms with Crippen LogP contribution >= 0.6 is 0 Å². The molecule has 3 rings (SSSR count). The number of carbonyl (C=O) groups is 1. The summed E-state index contributed by atoms with van der Waals surface area (Å²) in [5.41, 5.74) is 4.56. The van der Waals surface area contributed by atoms with E-state index in [0.717, 1.165) is 29.5 Å². The zero-order chi connectivity index (χ0) is 20.1. The zero-order valence-electron chi connectivity index (χ0n) is 17.3. The maximum Gasteiger partial charge on any atom is 0.337 e. The van der Waals surface area contributed by atoms with E-state index in [2.05, 4.69) is 0 Å². The van der Waals surface area contributed by atoms with Crippen molar-refractivity contribution in [2.75, 3.05) is 7.11 Å². The minimum atomic E-state index is -0.317. The molecule has 0 N–H and O–H groups in total.